The average molecular weight is 376 g/mol. The lowest BCUT2D eigenvalue weighted by molar-refractivity contribution is 0.0949. The van der Waals surface area contributed by atoms with Crippen molar-refractivity contribution in [3.63, 3.8) is 0 Å². The molecule has 0 radical (unpaired) electrons. The molecule has 1 heterocycles. The van der Waals surface area contributed by atoms with Crippen molar-refractivity contribution in [3.05, 3.63) is 76.2 Å². The third-order valence-electron chi connectivity index (χ3n) is 4.76. The van der Waals surface area contributed by atoms with Crippen LogP contribution in [0.3, 0.4) is 0 Å². The summed E-state index contributed by atoms with van der Waals surface area (Å²) in [4.78, 5) is 25.6. The first-order valence-corrected chi connectivity index (χ1v) is 9.51. The third-order valence-corrected chi connectivity index (χ3v) is 4.76. The molecule has 1 aromatic heterocycles. The third kappa shape index (κ3) is 4.34. The Balaban J connectivity index is 1.98. The summed E-state index contributed by atoms with van der Waals surface area (Å²) < 4.78 is 1.33. The molecule has 0 aliphatic carbocycles. The van der Waals surface area contributed by atoms with Crippen LogP contribution in [0.4, 0.5) is 0 Å². The monoisotopic (exact) mass is 376 g/mol. The summed E-state index contributed by atoms with van der Waals surface area (Å²) in [5.41, 5.74) is 3.45. The largest absolute Gasteiger partial charge is 0.292 e. The molecule has 1 amide bonds. The van der Waals surface area contributed by atoms with Gasteiger partial charge in [-0.15, -0.1) is 0 Å². The van der Waals surface area contributed by atoms with E-state index in [0.29, 0.717) is 23.2 Å². The lowest BCUT2D eigenvalue weighted by Crippen LogP contribution is -2.29. The number of hydrazone groups is 1. The van der Waals surface area contributed by atoms with Gasteiger partial charge in [-0.3, -0.25) is 9.59 Å². The minimum atomic E-state index is -0.430. The number of fused-ring (bicyclic) bond motifs is 1. The molecule has 28 heavy (non-hydrogen) atoms. The number of nitrogens with zero attached hydrogens (tertiary/aromatic N) is 3. The predicted octanol–water partition coefficient (Wildman–Crippen LogP) is 3.60. The van der Waals surface area contributed by atoms with Gasteiger partial charge in [0.1, 0.15) is 0 Å². The van der Waals surface area contributed by atoms with Crippen molar-refractivity contribution in [1.29, 1.82) is 0 Å². The molecule has 3 aromatic rings. The highest BCUT2D eigenvalue weighted by Gasteiger charge is 2.16. The highest BCUT2D eigenvalue weighted by Crippen LogP contribution is 2.14. The maximum absolute atomic E-state index is 12.8. The van der Waals surface area contributed by atoms with E-state index in [1.54, 1.807) is 30.5 Å². The molecule has 3 rings (SSSR count). The first-order valence-electron chi connectivity index (χ1n) is 9.51. The van der Waals surface area contributed by atoms with Crippen molar-refractivity contribution < 1.29 is 4.79 Å². The SMILES string of the molecule is CCC(/C=N\NC(=O)c1nn(Cc2ccccc2)c(=O)c2ccccc12)CC. The molecule has 0 atom stereocenters. The number of nitrogens with one attached hydrogen (secondary N) is 1. The van der Waals surface area contributed by atoms with E-state index in [4.69, 9.17) is 0 Å². The molecular formula is C22H24N4O2. The normalized spacial score (nSPS) is 11.4. The lowest BCUT2D eigenvalue weighted by Gasteiger charge is -2.10. The van der Waals surface area contributed by atoms with Crippen LogP contribution >= 0.6 is 0 Å². The minimum absolute atomic E-state index is 0.188. The van der Waals surface area contributed by atoms with E-state index in [2.05, 4.69) is 29.5 Å². The Morgan fingerprint density at radius 2 is 1.71 bits per heavy atom. The van der Waals surface area contributed by atoms with E-state index in [9.17, 15) is 9.59 Å². The minimum Gasteiger partial charge on any atom is -0.267 e. The molecule has 0 aliphatic rings. The zero-order chi connectivity index (χ0) is 19.9. The molecule has 2 aromatic carbocycles. The van der Waals surface area contributed by atoms with Gasteiger partial charge in [0.25, 0.3) is 11.5 Å². The van der Waals surface area contributed by atoms with E-state index in [1.807, 2.05) is 30.3 Å². The summed E-state index contributed by atoms with van der Waals surface area (Å²) in [5, 5.41) is 9.41. The lowest BCUT2D eigenvalue weighted by atomic mass is 10.1. The summed E-state index contributed by atoms with van der Waals surface area (Å²) >= 11 is 0. The summed E-state index contributed by atoms with van der Waals surface area (Å²) in [6.07, 6.45) is 3.66. The second kappa shape index (κ2) is 9.08. The highest BCUT2D eigenvalue weighted by atomic mass is 16.2. The number of benzene rings is 2. The molecule has 0 fully saturated rings. The smallest absolute Gasteiger partial charge is 0.267 e. The van der Waals surface area contributed by atoms with E-state index in [-0.39, 0.29) is 11.3 Å². The average Bonchev–Trinajstić information content (AvgIpc) is 2.74. The fraction of sp³-hybridized carbons (Fsp3) is 0.273. The first kappa shape index (κ1) is 19.5. The van der Waals surface area contributed by atoms with Gasteiger partial charge in [-0.25, -0.2) is 10.1 Å². The van der Waals surface area contributed by atoms with E-state index in [1.165, 1.54) is 4.68 Å². The van der Waals surface area contributed by atoms with Gasteiger partial charge >= 0.3 is 0 Å². The van der Waals surface area contributed by atoms with E-state index < -0.39 is 5.91 Å². The maximum atomic E-state index is 12.8. The number of carbonyl (C=O) groups excluding carboxylic acids is 1. The van der Waals surface area contributed by atoms with Crippen LogP contribution in [0.15, 0.2) is 64.5 Å². The first-order chi connectivity index (χ1) is 13.6. The Morgan fingerprint density at radius 3 is 2.39 bits per heavy atom. The molecular weight excluding hydrogens is 352 g/mol. The Morgan fingerprint density at radius 1 is 1.07 bits per heavy atom. The maximum Gasteiger partial charge on any atom is 0.292 e. The van der Waals surface area contributed by atoms with Crippen molar-refractivity contribution in [3.8, 4) is 0 Å². The van der Waals surface area contributed by atoms with Gasteiger partial charge in [0.2, 0.25) is 0 Å². The van der Waals surface area contributed by atoms with Crippen LogP contribution < -0.4 is 11.0 Å². The van der Waals surface area contributed by atoms with Gasteiger partial charge in [-0.05, 0) is 30.4 Å². The second-order valence-electron chi connectivity index (χ2n) is 6.64. The van der Waals surface area contributed by atoms with Crippen molar-refractivity contribution in [2.24, 2.45) is 11.0 Å². The number of aromatic nitrogens is 2. The molecule has 0 saturated carbocycles. The molecule has 0 aliphatic heterocycles. The summed E-state index contributed by atoms with van der Waals surface area (Å²) in [5.74, 6) is -0.114. The quantitative estimate of drug-likeness (QED) is 0.506. The zero-order valence-corrected chi connectivity index (χ0v) is 16.1. The molecule has 0 spiro atoms. The topological polar surface area (TPSA) is 76.3 Å². The fourth-order valence-corrected chi connectivity index (χ4v) is 3.02. The molecule has 144 valence electrons. The van der Waals surface area contributed by atoms with Crippen LogP contribution in [-0.2, 0) is 6.54 Å². The van der Waals surface area contributed by atoms with Crippen molar-refractivity contribution >= 4 is 22.9 Å². The number of hydrogen-bond donors (Lipinski definition) is 1. The summed E-state index contributed by atoms with van der Waals surface area (Å²) in [7, 11) is 0. The van der Waals surface area contributed by atoms with Gasteiger partial charge in [0, 0.05) is 11.6 Å². The number of hydrogen-bond acceptors (Lipinski definition) is 4. The molecule has 6 nitrogen and oxygen atoms in total. The molecule has 0 saturated heterocycles. The van der Waals surface area contributed by atoms with Crippen molar-refractivity contribution in [1.82, 2.24) is 15.2 Å². The summed E-state index contributed by atoms with van der Waals surface area (Å²) in [6.45, 7) is 4.45. The molecule has 1 N–H and O–H groups in total. The van der Waals surface area contributed by atoms with Crippen LogP contribution in [0, 0.1) is 5.92 Å². The Bertz CT molecular complexity index is 1040. The Hall–Kier alpha value is -3.28. The standard InChI is InChI=1S/C22H24N4O2/c1-3-16(4-2)14-23-24-21(27)20-18-12-8-9-13-19(18)22(28)26(25-20)15-17-10-6-5-7-11-17/h5-14,16H,3-4,15H2,1-2H3,(H,24,27)/b23-14-. The van der Waals surface area contributed by atoms with E-state index >= 15 is 0 Å². The second-order valence-corrected chi connectivity index (χ2v) is 6.64. The predicted molar refractivity (Wildman–Crippen MR) is 112 cm³/mol. The highest BCUT2D eigenvalue weighted by molar-refractivity contribution is 6.04. The van der Waals surface area contributed by atoms with Gasteiger partial charge in [-0.1, -0.05) is 62.4 Å². The zero-order valence-electron chi connectivity index (χ0n) is 16.1. The van der Waals surface area contributed by atoms with Gasteiger partial charge in [-0.2, -0.15) is 10.2 Å². The van der Waals surface area contributed by atoms with Crippen LogP contribution in [-0.4, -0.2) is 21.9 Å². The van der Waals surface area contributed by atoms with Crippen LogP contribution in [0.25, 0.3) is 10.8 Å². The van der Waals surface area contributed by atoms with Gasteiger partial charge < -0.3 is 0 Å². The fourth-order valence-electron chi connectivity index (χ4n) is 3.02. The number of amides is 1. The molecule has 0 bridgehead atoms. The Labute approximate surface area is 163 Å². The van der Waals surface area contributed by atoms with Crippen molar-refractivity contribution in [2.75, 3.05) is 0 Å². The van der Waals surface area contributed by atoms with Gasteiger partial charge in [0.05, 0.1) is 11.9 Å². The van der Waals surface area contributed by atoms with Crippen LogP contribution in [0.2, 0.25) is 0 Å². The number of carbonyl (C=O) groups is 1. The van der Waals surface area contributed by atoms with Crippen LogP contribution in [0.5, 0.6) is 0 Å². The molecule has 0 unspecified atom stereocenters. The van der Waals surface area contributed by atoms with Gasteiger partial charge in [0.15, 0.2) is 5.69 Å². The van der Waals surface area contributed by atoms with Crippen molar-refractivity contribution in [2.45, 2.75) is 33.2 Å². The van der Waals surface area contributed by atoms with Crippen LogP contribution in [0.1, 0.15) is 42.7 Å². The summed E-state index contributed by atoms with van der Waals surface area (Å²) in [6, 6.07) is 16.6. The Kier molecular flexibility index (Phi) is 6.32. The van der Waals surface area contributed by atoms with E-state index in [0.717, 1.165) is 18.4 Å². The number of rotatable bonds is 7. The molecule has 6 heteroatoms.